The highest BCUT2D eigenvalue weighted by Crippen LogP contribution is 2.41. The smallest absolute Gasteiger partial charge is 0.231 e. The van der Waals surface area contributed by atoms with E-state index in [1.165, 1.54) is 27.3 Å². The monoisotopic (exact) mass is 352 g/mol. The molecule has 0 spiro atoms. The number of hydrogen-bond donors (Lipinski definition) is 0. The Balaban J connectivity index is 1.60. The van der Waals surface area contributed by atoms with Crippen molar-refractivity contribution in [3.63, 3.8) is 0 Å². The molecule has 120 valence electrons. The summed E-state index contributed by atoms with van der Waals surface area (Å²) in [7, 11) is 0. The van der Waals surface area contributed by atoms with Gasteiger partial charge in [0.2, 0.25) is 5.91 Å². The molecule has 2 aliphatic rings. The van der Waals surface area contributed by atoms with E-state index in [2.05, 4.69) is 35.9 Å². The van der Waals surface area contributed by atoms with Gasteiger partial charge in [-0.3, -0.25) is 4.79 Å². The van der Waals surface area contributed by atoms with Crippen LogP contribution >= 0.6 is 22.7 Å². The van der Waals surface area contributed by atoms with Crippen LogP contribution in [-0.2, 0) is 17.6 Å². The largest absolute Gasteiger partial charge is 0.312 e. The maximum absolute atomic E-state index is 12.2. The van der Waals surface area contributed by atoms with E-state index in [4.69, 9.17) is 4.98 Å². The standard InChI is InChI=1S/C19H16N2OS2/c1-11-4-6-23-18(11)19-20-15(10-24-19)13-7-12-3-2-5-21-16(22)9-14(8-13)17(12)21/h4,6-8,10H,2-3,5,9H2,1H3. The molecule has 0 fully saturated rings. The average molecular weight is 352 g/mol. The number of nitrogens with zero attached hydrogens (tertiary/aromatic N) is 2. The van der Waals surface area contributed by atoms with Crippen molar-refractivity contribution in [2.24, 2.45) is 0 Å². The third-order valence-electron chi connectivity index (χ3n) is 4.86. The lowest BCUT2D eigenvalue weighted by molar-refractivity contribution is -0.117. The molecule has 0 saturated heterocycles. The summed E-state index contributed by atoms with van der Waals surface area (Å²) in [5, 5.41) is 5.34. The Bertz CT molecular complexity index is 970. The Morgan fingerprint density at radius 3 is 2.92 bits per heavy atom. The molecule has 2 aliphatic heterocycles. The Morgan fingerprint density at radius 2 is 2.08 bits per heavy atom. The summed E-state index contributed by atoms with van der Waals surface area (Å²) >= 11 is 3.45. The second-order valence-corrected chi connectivity index (χ2v) is 8.21. The summed E-state index contributed by atoms with van der Waals surface area (Å²) in [6.07, 6.45) is 2.65. The Kier molecular flexibility index (Phi) is 3.15. The minimum atomic E-state index is 0.247. The van der Waals surface area contributed by atoms with Crippen LogP contribution in [0.5, 0.6) is 0 Å². The fourth-order valence-electron chi connectivity index (χ4n) is 3.73. The second-order valence-electron chi connectivity index (χ2n) is 6.44. The number of thiazole rings is 1. The van der Waals surface area contributed by atoms with Crippen molar-refractivity contribution < 1.29 is 4.79 Å². The number of rotatable bonds is 2. The van der Waals surface area contributed by atoms with Gasteiger partial charge in [-0.25, -0.2) is 4.98 Å². The maximum Gasteiger partial charge on any atom is 0.231 e. The fraction of sp³-hybridized carbons (Fsp3) is 0.263. The molecule has 4 heterocycles. The van der Waals surface area contributed by atoms with E-state index in [1.807, 2.05) is 4.90 Å². The maximum atomic E-state index is 12.2. The lowest BCUT2D eigenvalue weighted by Gasteiger charge is -2.25. The van der Waals surface area contributed by atoms with Gasteiger partial charge in [-0.2, -0.15) is 0 Å². The summed E-state index contributed by atoms with van der Waals surface area (Å²) in [6, 6.07) is 6.55. The predicted molar refractivity (Wildman–Crippen MR) is 100.0 cm³/mol. The molecule has 0 N–H and O–H groups in total. The molecule has 0 unspecified atom stereocenters. The zero-order valence-corrected chi connectivity index (χ0v) is 15.0. The summed E-state index contributed by atoms with van der Waals surface area (Å²) in [4.78, 5) is 20.3. The highest BCUT2D eigenvalue weighted by molar-refractivity contribution is 7.20. The third-order valence-corrected chi connectivity index (χ3v) is 6.88. The van der Waals surface area contributed by atoms with Crippen LogP contribution in [0.2, 0.25) is 0 Å². The van der Waals surface area contributed by atoms with Crippen molar-refractivity contribution in [1.29, 1.82) is 0 Å². The Hall–Kier alpha value is -1.98. The number of hydrogen-bond acceptors (Lipinski definition) is 4. The first-order chi connectivity index (χ1) is 11.7. The van der Waals surface area contributed by atoms with Crippen LogP contribution < -0.4 is 4.90 Å². The van der Waals surface area contributed by atoms with E-state index in [-0.39, 0.29) is 5.91 Å². The number of amides is 1. The van der Waals surface area contributed by atoms with Crippen LogP contribution in [-0.4, -0.2) is 17.4 Å². The summed E-state index contributed by atoms with van der Waals surface area (Å²) in [5.41, 5.74) is 7.12. The first-order valence-electron chi connectivity index (χ1n) is 8.17. The van der Waals surface area contributed by atoms with Crippen LogP contribution in [0.25, 0.3) is 21.1 Å². The van der Waals surface area contributed by atoms with Gasteiger partial charge in [-0.1, -0.05) is 0 Å². The van der Waals surface area contributed by atoms with E-state index in [1.54, 1.807) is 22.7 Å². The highest BCUT2D eigenvalue weighted by Gasteiger charge is 2.32. The number of carbonyl (C=O) groups excluding carboxylic acids is 1. The number of aromatic nitrogens is 1. The number of thiophene rings is 1. The first kappa shape index (κ1) is 14.4. The van der Waals surface area contributed by atoms with Crippen LogP contribution in [0.1, 0.15) is 23.1 Å². The van der Waals surface area contributed by atoms with Gasteiger partial charge >= 0.3 is 0 Å². The minimum Gasteiger partial charge on any atom is -0.312 e. The minimum absolute atomic E-state index is 0.247. The second kappa shape index (κ2) is 5.26. The zero-order valence-electron chi connectivity index (χ0n) is 13.3. The van der Waals surface area contributed by atoms with Crippen LogP contribution in [0.3, 0.4) is 0 Å². The van der Waals surface area contributed by atoms with Gasteiger partial charge in [0.25, 0.3) is 0 Å². The summed E-state index contributed by atoms with van der Waals surface area (Å²) in [6.45, 7) is 3.00. The number of carbonyl (C=O) groups is 1. The van der Waals surface area contributed by atoms with E-state index < -0.39 is 0 Å². The molecule has 1 aromatic carbocycles. The van der Waals surface area contributed by atoms with Crippen molar-refractivity contribution >= 4 is 34.3 Å². The van der Waals surface area contributed by atoms with Crippen LogP contribution in [0, 0.1) is 6.92 Å². The topological polar surface area (TPSA) is 33.2 Å². The predicted octanol–water partition coefficient (Wildman–Crippen LogP) is 4.68. The summed E-state index contributed by atoms with van der Waals surface area (Å²) < 4.78 is 0. The van der Waals surface area contributed by atoms with E-state index in [0.717, 1.165) is 35.7 Å². The third kappa shape index (κ3) is 2.08. The molecule has 3 aromatic rings. The molecular weight excluding hydrogens is 336 g/mol. The van der Waals surface area contributed by atoms with Crippen molar-refractivity contribution in [1.82, 2.24) is 4.98 Å². The van der Waals surface area contributed by atoms with Gasteiger partial charge in [-0.05, 0) is 60.0 Å². The van der Waals surface area contributed by atoms with Crippen LogP contribution in [0.4, 0.5) is 5.69 Å². The van der Waals surface area contributed by atoms with Crippen LogP contribution in [0.15, 0.2) is 29.0 Å². The normalized spacial score (nSPS) is 15.9. The van der Waals surface area contributed by atoms with Crippen molar-refractivity contribution in [3.8, 4) is 21.1 Å². The molecule has 5 heteroatoms. The van der Waals surface area contributed by atoms with Gasteiger partial charge in [0.15, 0.2) is 0 Å². The van der Waals surface area contributed by atoms with E-state index in [9.17, 15) is 4.79 Å². The van der Waals surface area contributed by atoms with E-state index >= 15 is 0 Å². The SMILES string of the molecule is Cc1ccsc1-c1nc(-c2cc3c4c(c2)CC(=O)N4CCC3)cs1. The molecule has 3 nitrogen and oxygen atoms in total. The Morgan fingerprint density at radius 1 is 1.21 bits per heavy atom. The molecule has 5 rings (SSSR count). The highest BCUT2D eigenvalue weighted by atomic mass is 32.1. The fourth-order valence-corrected chi connectivity index (χ4v) is 5.66. The van der Waals surface area contributed by atoms with Crippen molar-refractivity contribution in [2.45, 2.75) is 26.2 Å². The van der Waals surface area contributed by atoms with Crippen molar-refractivity contribution in [3.05, 3.63) is 45.6 Å². The van der Waals surface area contributed by atoms with Crippen molar-refractivity contribution in [2.75, 3.05) is 11.4 Å². The van der Waals surface area contributed by atoms with E-state index in [0.29, 0.717) is 6.42 Å². The molecule has 0 radical (unpaired) electrons. The van der Waals surface area contributed by atoms with Gasteiger partial charge in [-0.15, -0.1) is 22.7 Å². The zero-order chi connectivity index (χ0) is 16.3. The van der Waals surface area contributed by atoms with Gasteiger partial charge in [0.1, 0.15) is 5.01 Å². The quantitative estimate of drug-likeness (QED) is 0.671. The molecule has 0 atom stereocenters. The summed E-state index contributed by atoms with van der Waals surface area (Å²) in [5.74, 6) is 0.247. The Labute approximate surface area is 148 Å². The molecule has 0 saturated carbocycles. The van der Waals surface area contributed by atoms with Gasteiger partial charge in [0, 0.05) is 17.5 Å². The average Bonchev–Trinajstić information content (AvgIpc) is 3.28. The first-order valence-corrected chi connectivity index (χ1v) is 9.93. The van der Waals surface area contributed by atoms with Gasteiger partial charge in [0.05, 0.1) is 22.7 Å². The lowest BCUT2D eigenvalue weighted by Crippen LogP contribution is -2.31. The number of benzene rings is 1. The number of anilines is 1. The number of aryl methyl sites for hydroxylation is 2. The molecule has 1 amide bonds. The lowest BCUT2D eigenvalue weighted by atomic mass is 9.96. The molecule has 0 bridgehead atoms. The molecular formula is C19H16N2OS2. The molecule has 24 heavy (non-hydrogen) atoms. The molecule has 0 aliphatic carbocycles. The molecule has 2 aromatic heterocycles. The van der Waals surface area contributed by atoms with Gasteiger partial charge < -0.3 is 4.90 Å².